The average molecular weight is 413 g/mol. The van der Waals surface area contributed by atoms with E-state index in [0.29, 0.717) is 17.3 Å². The van der Waals surface area contributed by atoms with Gasteiger partial charge >= 0.3 is 6.18 Å². The SMILES string of the molecule is CC(C)N(C)c1ccc2cc(NC(=O)C=Cc3ccc(C(F)(F)F)cc3)ccc2n1. The number of nitrogens with one attached hydrogen (secondary N) is 1. The summed E-state index contributed by atoms with van der Waals surface area (Å²) in [5.74, 6) is 0.493. The largest absolute Gasteiger partial charge is 0.416 e. The highest BCUT2D eigenvalue weighted by atomic mass is 19.4. The van der Waals surface area contributed by atoms with E-state index < -0.39 is 11.7 Å². The number of halogens is 3. The number of aromatic nitrogens is 1. The summed E-state index contributed by atoms with van der Waals surface area (Å²) in [5, 5.41) is 3.64. The van der Waals surface area contributed by atoms with Crippen LogP contribution >= 0.6 is 0 Å². The third kappa shape index (κ3) is 5.17. The monoisotopic (exact) mass is 413 g/mol. The van der Waals surface area contributed by atoms with Gasteiger partial charge in [0.25, 0.3) is 0 Å². The molecule has 4 nitrogen and oxygen atoms in total. The van der Waals surface area contributed by atoms with Crippen LogP contribution in [0, 0.1) is 0 Å². The molecule has 3 aromatic rings. The van der Waals surface area contributed by atoms with Gasteiger partial charge in [0, 0.05) is 30.2 Å². The first-order valence-electron chi connectivity index (χ1n) is 9.43. The van der Waals surface area contributed by atoms with Crippen molar-refractivity contribution >= 4 is 34.4 Å². The van der Waals surface area contributed by atoms with Gasteiger partial charge in [-0.25, -0.2) is 4.98 Å². The number of hydrogen-bond donors (Lipinski definition) is 1. The van der Waals surface area contributed by atoms with Crippen LogP contribution in [0.1, 0.15) is 25.0 Å². The molecule has 0 aliphatic carbocycles. The van der Waals surface area contributed by atoms with E-state index in [2.05, 4.69) is 29.0 Å². The second kappa shape index (κ2) is 8.57. The lowest BCUT2D eigenvalue weighted by molar-refractivity contribution is -0.137. The number of anilines is 2. The van der Waals surface area contributed by atoms with E-state index in [9.17, 15) is 18.0 Å². The van der Waals surface area contributed by atoms with Gasteiger partial charge in [-0.05, 0) is 68.0 Å². The van der Waals surface area contributed by atoms with Gasteiger partial charge < -0.3 is 10.2 Å². The van der Waals surface area contributed by atoms with E-state index >= 15 is 0 Å². The number of carbonyl (C=O) groups is 1. The molecule has 0 aliphatic rings. The van der Waals surface area contributed by atoms with Crippen LogP contribution in [0.5, 0.6) is 0 Å². The Kier molecular flexibility index (Phi) is 6.10. The summed E-state index contributed by atoms with van der Waals surface area (Å²) >= 11 is 0. The van der Waals surface area contributed by atoms with Crippen LogP contribution in [-0.2, 0) is 11.0 Å². The minimum atomic E-state index is -4.38. The van der Waals surface area contributed by atoms with E-state index in [1.807, 2.05) is 31.3 Å². The number of rotatable bonds is 5. The van der Waals surface area contributed by atoms with Crippen LogP contribution in [0.3, 0.4) is 0 Å². The van der Waals surface area contributed by atoms with Crippen LogP contribution in [0.2, 0.25) is 0 Å². The number of alkyl halides is 3. The summed E-state index contributed by atoms with van der Waals surface area (Å²) in [7, 11) is 1.98. The van der Waals surface area contributed by atoms with Gasteiger partial charge in [0.05, 0.1) is 11.1 Å². The summed E-state index contributed by atoms with van der Waals surface area (Å²) in [5.41, 5.74) is 1.20. The third-order valence-electron chi connectivity index (χ3n) is 4.74. The smallest absolute Gasteiger partial charge is 0.357 e. The Morgan fingerprint density at radius 1 is 1.07 bits per heavy atom. The standard InChI is InChI=1S/C23H22F3N3O/c1-15(2)29(3)21-12-7-17-14-19(10-11-20(17)28-21)27-22(30)13-6-16-4-8-18(9-5-16)23(24,25)26/h4-15H,1-3H3,(H,27,30). The Hall–Kier alpha value is -3.35. The summed E-state index contributed by atoms with van der Waals surface area (Å²) in [4.78, 5) is 18.9. The molecule has 1 heterocycles. The topological polar surface area (TPSA) is 45.2 Å². The lowest BCUT2D eigenvalue weighted by atomic mass is 10.1. The molecule has 1 N–H and O–H groups in total. The molecule has 0 saturated carbocycles. The molecule has 0 atom stereocenters. The van der Waals surface area contributed by atoms with Gasteiger partial charge in [0.2, 0.25) is 5.91 Å². The van der Waals surface area contributed by atoms with Crippen LogP contribution in [0.4, 0.5) is 24.7 Å². The van der Waals surface area contributed by atoms with Crippen molar-refractivity contribution in [1.29, 1.82) is 0 Å². The maximum atomic E-state index is 12.6. The normalized spacial score (nSPS) is 12.0. The van der Waals surface area contributed by atoms with Crippen molar-refractivity contribution < 1.29 is 18.0 Å². The van der Waals surface area contributed by atoms with Gasteiger partial charge in [-0.1, -0.05) is 12.1 Å². The second-order valence-electron chi connectivity index (χ2n) is 7.22. The van der Waals surface area contributed by atoms with Gasteiger partial charge in [0.1, 0.15) is 5.82 Å². The molecule has 7 heteroatoms. The summed E-state index contributed by atoms with van der Waals surface area (Å²) < 4.78 is 37.8. The fourth-order valence-electron chi connectivity index (χ4n) is 2.79. The van der Waals surface area contributed by atoms with Crippen molar-refractivity contribution in [2.45, 2.75) is 26.1 Å². The second-order valence-corrected chi connectivity index (χ2v) is 7.22. The number of hydrogen-bond acceptors (Lipinski definition) is 3. The average Bonchev–Trinajstić information content (AvgIpc) is 2.71. The zero-order chi connectivity index (χ0) is 21.9. The van der Waals surface area contributed by atoms with Crippen molar-refractivity contribution in [1.82, 2.24) is 4.98 Å². The van der Waals surface area contributed by atoms with Gasteiger partial charge in [-0.3, -0.25) is 4.79 Å². The Balaban J connectivity index is 1.68. The molecule has 1 amide bonds. The molecule has 0 aliphatic heterocycles. The lowest BCUT2D eigenvalue weighted by Gasteiger charge is -2.22. The molecule has 0 saturated heterocycles. The quantitative estimate of drug-likeness (QED) is 0.542. The first kappa shape index (κ1) is 21.4. The van der Waals surface area contributed by atoms with Crippen molar-refractivity contribution in [3.63, 3.8) is 0 Å². The molecule has 1 aromatic heterocycles. The number of benzene rings is 2. The van der Waals surface area contributed by atoms with E-state index in [1.165, 1.54) is 24.3 Å². The molecule has 156 valence electrons. The summed E-state index contributed by atoms with van der Waals surface area (Å²) in [6.07, 6.45) is -1.63. The van der Waals surface area contributed by atoms with E-state index in [1.54, 1.807) is 6.07 Å². The van der Waals surface area contributed by atoms with Gasteiger partial charge in [-0.2, -0.15) is 13.2 Å². The Labute approximate surface area is 173 Å². The van der Waals surface area contributed by atoms with E-state index in [4.69, 9.17) is 0 Å². The Morgan fingerprint density at radius 2 is 1.77 bits per heavy atom. The van der Waals surface area contributed by atoms with Crippen molar-refractivity contribution in [3.05, 3.63) is 71.8 Å². The van der Waals surface area contributed by atoms with Crippen LogP contribution in [0.15, 0.2) is 60.7 Å². The molecule has 0 unspecified atom stereocenters. The van der Waals surface area contributed by atoms with Crippen LogP contribution in [-0.4, -0.2) is 24.0 Å². The van der Waals surface area contributed by atoms with E-state index in [-0.39, 0.29) is 5.91 Å². The molecule has 2 aromatic carbocycles. The molecular formula is C23H22F3N3O. The van der Waals surface area contributed by atoms with Gasteiger partial charge in [0.15, 0.2) is 0 Å². The Bertz CT molecular complexity index is 1070. The molecule has 0 radical (unpaired) electrons. The minimum Gasteiger partial charge on any atom is -0.357 e. The summed E-state index contributed by atoms with van der Waals surface area (Å²) in [6, 6.07) is 14.2. The highest BCUT2D eigenvalue weighted by molar-refractivity contribution is 6.03. The highest BCUT2D eigenvalue weighted by Gasteiger charge is 2.29. The first-order valence-corrected chi connectivity index (χ1v) is 9.43. The van der Waals surface area contributed by atoms with E-state index in [0.717, 1.165) is 28.9 Å². The fourth-order valence-corrected chi connectivity index (χ4v) is 2.79. The number of fused-ring (bicyclic) bond motifs is 1. The molecule has 3 rings (SSSR count). The third-order valence-corrected chi connectivity index (χ3v) is 4.74. The van der Waals surface area contributed by atoms with Crippen molar-refractivity contribution in [2.75, 3.05) is 17.3 Å². The lowest BCUT2D eigenvalue weighted by Crippen LogP contribution is -2.26. The van der Waals surface area contributed by atoms with Crippen molar-refractivity contribution in [2.24, 2.45) is 0 Å². The van der Waals surface area contributed by atoms with Gasteiger partial charge in [-0.15, -0.1) is 0 Å². The number of pyridine rings is 1. The highest BCUT2D eigenvalue weighted by Crippen LogP contribution is 2.29. The van der Waals surface area contributed by atoms with Crippen LogP contribution < -0.4 is 10.2 Å². The minimum absolute atomic E-state index is 0.324. The van der Waals surface area contributed by atoms with Crippen LogP contribution in [0.25, 0.3) is 17.0 Å². The molecule has 30 heavy (non-hydrogen) atoms. The van der Waals surface area contributed by atoms with Crippen molar-refractivity contribution in [3.8, 4) is 0 Å². The molecule has 0 fully saturated rings. The molecule has 0 spiro atoms. The predicted molar refractivity (Wildman–Crippen MR) is 114 cm³/mol. The molecular weight excluding hydrogens is 391 g/mol. The number of nitrogens with zero attached hydrogens (tertiary/aromatic N) is 2. The summed E-state index contributed by atoms with van der Waals surface area (Å²) in [6.45, 7) is 4.17. The number of carbonyl (C=O) groups excluding carboxylic acids is 1. The Morgan fingerprint density at radius 3 is 2.40 bits per heavy atom. The fraction of sp³-hybridized carbons (Fsp3) is 0.217. The zero-order valence-corrected chi connectivity index (χ0v) is 16.9. The molecule has 0 bridgehead atoms. The zero-order valence-electron chi connectivity index (χ0n) is 16.9. The maximum Gasteiger partial charge on any atom is 0.416 e. The number of amides is 1. The predicted octanol–water partition coefficient (Wildman–Crippen LogP) is 5.75. The first-order chi connectivity index (χ1) is 14.1. The maximum absolute atomic E-state index is 12.6.